The lowest BCUT2D eigenvalue weighted by Gasteiger charge is -2.32. The molecule has 1 fully saturated rings. The summed E-state index contributed by atoms with van der Waals surface area (Å²) < 4.78 is 5.10. The molecule has 0 radical (unpaired) electrons. The van der Waals surface area contributed by atoms with E-state index in [0.29, 0.717) is 30.9 Å². The van der Waals surface area contributed by atoms with Gasteiger partial charge in [0.05, 0.1) is 12.5 Å². The normalized spacial score (nSPS) is 24.3. The molecule has 0 aromatic carbocycles. The number of methoxy groups -OCH3 is 1. The van der Waals surface area contributed by atoms with E-state index < -0.39 is 0 Å². The molecule has 0 aromatic rings. The lowest BCUT2D eigenvalue weighted by Crippen LogP contribution is -2.47. The highest BCUT2D eigenvalue weighted by molar-refractivity contribution is 5.79. The van der Waals surface area contributed by atoms with E-state index in [-0.39, 0.29) is 5.92 Å². The van der Waals surface area contributed by atoms with Crippen LogP contribution in [0.5, 0.6) is 0 Å². The molecule has 1 aliphatic heterocycles. The number of ether oxygens (including phenoxy) is 1. The van der Waals surface area contributed by atoms with Crippen molar-refractivity contribution in [1.29, 1.82) is 0 Å². The Morgan fingerprint density at radius 2 is 2.17 bits per heavy atom. The molecule has 1 rings (SSSR count). The molecule has 1 amide bonds. The van der Waals surface area contributed by atoms with E-state index in [4.69, 9.17) is 4.74 Å². The SMILES string of the molecule is COCCN(CC(C)C)C(=O)C1CNCC(C)C1. The predicted octanol–water partition coefficient (Wildman–Crippen LogP) is 1.36. The number of carbonyl (C=O) groups excluding carboxylic acids is 1. The van der Waals surface area contributed by atoms with E-state index in [0.717, 1.165) is 26.1 Å². The van der Waals surface area contributed by atoms with Crippen molar-refractivity contribution in [2.75, 3.05) is 39.9 Å². The fraction of sp³-hybridized carbons (Fsp3) is 0.929. The molecular weight excluding hydrogens is 228 g/mol. The first kappa shape index (κ1) is 15.4. The Hall–Kier alpha value is -0.610. The van der Waals surface area contributed by atoms with Crippen molar-refractivity contribution < 1.29 is 9.53 Å². The summed E-state index contributed by atoms with van der Waals surface area (Å²) in [4.78, 5) is 14.5. The van der Waals surface area contributed by atoms with Gasteiger partial charge in [-0.25, -0.2) is 0 Å². The fourth-order valence-electron chi connectivity index (χ4n) is 2.54. The Morgan fingerprint density at radius 1 is 1.44 bits per heavy atom. The van der Waals surface area contributed by atoms with Gasteiger partial charge in [0.25, 0.3) is 0 Å². The van der Waals surface area contributed by atoms with Crippen molar-refractivity contribution in [2.24, 2.45) is 17.8 Å². The molecule has 0 saturated carbocycles. The van der Waals surface area contributed by atoms with Crippen LogP contribution in [-0.2, 0) is 9.53 Å². The van der Waals surface area contributed by atoms with Gasteiger partial charge in [-0.15, -0.1) is 0 Å². The van der Waals surface area contributed by atoms with E-state index in [1.807, 2.05) is 4.90 Å². The van der Waals surface area contributed by atoms with Crippen LogP contribution in [-0.4, -0.2) is 50.7 Å². The number of piperidine rings is 1. The second-order valence-electron chi connectivity index (χ2n) is 5.87. The number of amides is 1. The van der Waals surface area contributed by atoms with Crippen LogP contribution in [0.3, 0.4) is 0 Å². The first-order valence-electron chi connectivity index (χ1n) is 7.03. The molecule has 0 aromatic heterocycles. The molecule has 1 saturated heterocycles. The summed E-state index contributed by atoms with van der Waals surface area (Å²) in [7, 11) is 1.68. The third-order valence-corrected chi connectivity index (χ3v) is 3.38. The van der Waals surface area contributed by atoms with Crippen molar-refractivity contribution in [3.05, 3.63) is 0 Å². The standard InChI is InChI=1S/C14H28N2O2/c1-11(2)10-16(5-6-18-4)14(17)13-7-12(3)8-15-9-13/h11-13,15H,5-10H2,1-4H3. The van der Waals surface area contributed by atoms with Crippen molar-refractivity contribution >= 4 is 5.91 Å². The summed E-state index contributed by atoms with van der Waals surface area (Å²) in [6.45, 7) is 10.5. The topological polar surface area (TPSA) is 41.6 Å². The Labute approximate surface area is 111 Å². The van der Waals surface area contributed by atoms with Crippen LogP contribution < -0.4 is 5.32 Å². The van der Waals surface area contributed by atoms with Gasteiger partial charge in [0.2, 0.25) is 5.91 Å². The van der Waals surface area contributed by atoms with Crippen LogP contribution in [0.4, 0.5) is 0 Å². The Bertz CT molecular complexity index is 256. The molecular formula is C14H28N2O2. The molecule has 0 bridgehead atoms. The van der Waals surface area contributed by atoms with Gasteiger partial charge in [-0.3, -0.25) is 4.79 Å². The Balaban J connectivity index is 2.56. The predicted molar refractivity (Wildman–Crippen MR) is 73.4 cm³/mol. The minimum absolute atomic E-state index is 0.143. The minimum Gasteiger partial charge on any atom is -0.383 e. The third kappa shape index (κ3) is 4.94. The number of nitrogens with zero attached hydrogens (tertiary/aromatic N) is 1. The molecule has 0 spiro atoms. The van der Waals surface area contributed by atoms with Crippen molar-refractivity contribution in [1.82, 2.24) is 10.2 Å². The van der Waals surface area contributed by atoms with E-state index in [1.165, 1.54) is 0 Å². The van der Waals surface area contributed by atoms with E-state index in [1.54, 1.807) is 7.11 Å². The number of hydrogen-bond acceptors (Lipinski definition) is 3. The maximum atomic E-state index is 12.5. The first-order valence-corrected chi connectivity index (χ1v) is 7.03. The van der Waals surface area contributed by atoms with Crippen molar-refractivity contribution in [3.63, 3.8) is 0 Å². The smallest absolute Gasteiger partial charge is 0.227 e. The summed E-state index contributed by atoms with van der Waals surface area (Å²) >= 11 is 0. The van der Waals surface area contributed by atoms with Gasteiger partial charge in [0, 0.05) is 26.7 Å². The van der Waals surface area contributed by atoms with Crippen molar-refractivity contribution in [3.8, 4) is 0 Å². The van der Waals surface area contributed by atoms with Crippen LogP contribution in [0.2, 0.25) is 0 Å². The molecule has 1 N–H and O–H groups in total. The third-order valence-electron chi connectivity index (χ3n) is 3.38. The summed E-state index contributed by atoms with van der Waals surface area (Å²) in [5.74, 6) is 1.53. The molecule has 2 atom stereocenters. The highest BCUT2D eigenvalue weighted by Crippen LogP contribution is 2.18. The van der Waals surface area contributed by atoms with Crippen LogP contribution in [0.15, 0.2) is 0 Å². The molecule has 0 aliphatic carbocycles. The molecule has 1 heterocycles. The largest absolute Gasteiger partial charge is 0.383 e. The van der Waals surface area contributed by atoms with Crippen LogP contribution in [0, 0.1) is 17.8 Å². The van der Waals surface area contributed by atoms with E-state index in [2.05, 4.69) is 26.1 Å². The molecule has 2 unspecified atom stereocenters. The van der Waals surface area contributed by atoms with Gasteiger partial charge in [-0.05, 0) is 24.8 Å². The highest BCUT2D eigenvalue weighted by atomic mass is 16.5. The van der Waals surface area contributed by atoms with Gasteiger partial charge < -0.3 is 15.0 Å². The second-order valence-corrected chi connectivity index (χ2v) is 5.87. The van der Waals surface area contributed by atoms with Gasteiger partial charge in [0.15, 0.2) is 0 Å². The molecule has 18 heavy (non-hydrogen) atoms. The lowest BCUT2D eigenvalue weighted by molar-refractivity contribution is -0.137. The highest BCUT2D eigenvalue weighted by Gasteiger charge is 2.28. The summed E-state index contributed by atoms with van der Waals surface area (Å²) in [5.41, 5.74) is 0. The fourth-order valence-corrected chi connectivity index (χ4v) is 2.54. The van der Waals surface area contributed by atoms with Gasteiger partial charge >= 0.3 is 0 Å². The number of rotatable bonds is 6. The maximum Gasteiger partial charge on any atom is 0.227 e. The summed E-state index contributed by atoms with van der Waals surface area (Å²) in [6, 6.07) is 0. The van der Waals surface area contributed by atoms with Gasteiger partial charge in [0.1, 0.15) is 0 Å². The average molecular weight is 256 g/mol. The average Bonchev–Trinajstić information content (AvgIpc) is 2.33. The monoisotopic (exact) mass is 256 g/mol. The second kappa shape index (κ2) is 7.74. The molecule has 4 heteroatoms. The molecule has 4 nitrogen and oxygen atoms in total. The maximum absolute atomic E-state index is 12.5. The Morgan fingerprint density at radius 3 is 2.72 bits per heavy atom. The van der Waals surface area contributed by atoms with E-state index in [9.17, 15) is 4.79 Å². The number of hydrogen-bond donors (Lipinski definition) is 1. The summed E-state index contributed by atoms with van der Waals surface area (Å²) in [6.07, 6.45) is 1.01. The first-order chi connectivity index (χ1) is 8.54. The zero-order chi connectivity index (χ0) is 13.5. The quantitative estimate of drug-likeness (QED) is 0.780. The van der Waals surface area contributed by atoms with Crippen LogP contribution in [0.25, 0.3) is 0 Å². The Kier molecular flexibility index (Phi) is 6.65. The zero-order valence-electron chi connectivity index (χ0n) is 12.2. The van der Waals surface area contributed by atoms with Crippen LogP contribution in [0.1, 0.15) is 27.2 Å². The van der Waals surface area contributed by atoms with E-state index >= 15 is 0 Å². The zero-order valence-corrected chi connectivity index (χ0v) is 12.2. The van der Waals surface area contributed by atoms with Crippen LogP contribution >= 0.6 is 0 Å². The van der Waals surface area contributed by atoms with Gasteiger partial charge in [-0.2, -0.15) is 0 Å². The molecule has 106 valence electrons. The summed E-state index contributed by atoms with van der Waals surface area (Å²) in [5, 5.41) is 3.35. The minimum atomic E-state index is 0.143. The molecule has 1 aliphatic rings. The lowest BCUT2D eigenvalue weighted by atomic mass is 9.90. The van der Waals surface area contributed by atoms with Gasteiger partial charge in [-0.1, -0.05) is 20.8 Å². The van der Waals surface area contributed by atoms with Crippen molar-refractivity contribution in [2.45, 2.75) is 27.2 Å². The number of carbonyl (C=O) groups is 1. The number of nitrogens with one attached hydrogen (secondary N) is 1.